The zero-order valence-electron chi connectivity index (χ0n) is 29.8. The highest BCUT2D eigenvalue weighted by atomic mass is 16.3. The van der Waals surface area contributed by atoms with E-state index in [0.717, 1.165) is 49.8 Å². The molecule has 0 saturated carbocycles. The first kappa shape index (κ1) is 32.2. The monoisotopic (exact) mass is 703 g/mol. The molecule has 0 aliphatic heterocycles. The normalized spacial score (nSPS) is 11.3. The van der Waals surface area contributed by atoms with Crippen molar-refractivity contribution in [1.29, 1.82) is 0 Å². The topological polar surface area (TPSA) is 51.8 Å². The van der Waals surface area contributed by atoms with Gasteiger partial charge in [0, 0.05) is 27.5 Å². The lowest BCUT2D eigenvalue weighted by molar-refractivity contribution is 0.669. The van der Waals surface area contributed by atoms with E-state index < -0.39 is 0 Å². The van der Waals surface area contributed by atoms with Gasteiger partial charge in [-0.2, -0.15) is 0 Å². The minimum atomic E-state index is 0.601. The average Bonchev–Trinajstić information content (AvgIpc) is 3.66. The van der Waals surface area contributed by atoms with Crippen molar-refractivity contribution >= 4 is 21.9 Å². The number of benzene rings is 8. The summed E-state index contributed by atoms with van der Waals surface area (Å²) in [7, 11) is 0. The summed E-state index contributed by atoms with van der Waals surface area (Å²) >= 11 is 0. The van der Waals surface area contributed by atoms with Gasteiger partial charge in [-0.25, -0.2) is 15.0 Å². The molecule has 0 radical (unpaired) electrons. The van der Waals surface area contributed by atoms with E-state index in [-0.39, 0.29) is 0 Å². The van der Waals surface area contributed by atoms with Crippen LogP contribution >= 0.6 is 0 Å². The predicted octanol–water partition coefficient (Wildman–Crippen LogP) is 13.4. The van der Waals surface area contributed by atoms with Gasteiger partial charge in [0.05, 0.1) is 0 Å². The molecule has 10 aromatic rings. The molecule has 0 aliphatic rings. The largest absolute Gasteiger partial charge is 0.456 e. The van der Waals surface area contributed by atoms with Gasteiger partial charge in [-0.15, -0.1) is 0 Å². The van der Waals surface area contributed by atoms with Crippen LogP contribution in [-0.4, -0.2) is 15.0 Å². The van der Waals surface area contributed by atoms with E-state index in [4.69, 9.17) is 19.4 Å². The molecule has 0 amide bonds. The molecule has 4 nitrogen and oxygen atoms in total. The second kappa shape index (κ2) is 13.8. The van der Waals surface area contributed by atoms with Gasteiger partial charge in [0.25, 0.3) is 0 Å². The fraction of sp³-hybridized carbons (Fsp3) is 0. The van der Waals surface area contributed by atoms with Gasteiger partial charge in [-0.1, -0.05) is 176 Å². The number of rotatable bonds is 7. The summed E-state index contributed by atoms with van der Waals surface area (Å²) in [6, 6.07) is 69.5. The molecule has 0 spiro atoms. The van der Waals surface area contributed by atoms with Crippen molar-refractivity contribution < 1.29 is 4.42 Å². The lowest BCUT2D eigenvalue weighted by Gasteiger charge is -2.12. The van der Waals surface area contributed by atoms with Crippen LogP contribution < -0.4 is 0 Å². The fourth-order valence-electron chi connectivity index (χ4n) is 7.45. The second-order valence-corrected chi connectivity index (χ2v) is 13.6. The summed E-state index contributed by atoms with van der Waals surface area (Å²) in [6.45, 7) is 0. The Kier molecular flexibility index (Phi) is 8.12. The van der Waals surface area contributed by atoms with Crippen LogP contribution in [0.1, 0.15) is 0 Å². The molecule has 0 aliphatic carbocycles. The van der Waals surface area contributed by atoms with Crippen LogP contribution in [0.2, 0.25) is 0 Å². The molecular weight excluding hydrogens is 671 g/mol. The summed E-state index contributed by atoms with van der Waals surface area (Å²) < 4.78 is 6.43. The van der Waals surface area contributed by atoms with E-state index in [1.165, 1.54) is 33.4 Å². The maximum Gasteiger partial charge on any atom is 0.164 e. The molecule has 0 atom stereocenters. The summed E-state index contributed by atoms with van der Waals surface area (Å²) in [4.78, 5) is 15.0. The Morgan fingerprint density at radius 2 is 0.727 bits per heavy atom. The average molecular weight is 704 g/mol. The molecule has 0 N–H and O–H groups in total. The molecule has 0 fully saturated rings. The molecule has 0 bridgehead atoms. The van der Waals surface area contributed by atoms with Crippen LogP contribution in [0.3, 0.4) is 0 Å². The Bertz CT molecular complexity index is 2900. The molecule has 55 heavy (non-hydrogen) atoms. The highest BCUT2D eigenvalue weighted by molar-refractivity contribution is 6.12. The summed E-state index contributed by atoms with van der Waals surface area (Å²) in [5.74, 6) is 1.85. The SMILES string of the molecule is c1ccc(-c2cccc(-c3ccccc3-c3ccc(-c4ccc5oc6cccc(-c7nc(-c8ccccc8)nc(-c8ccccc8)n7)c6c5c4)cc3)c2)cc1. The first-order chi connectivity index (χ1) is 27.2. The van der Waals surface area contributed by atoms with Crippen LogP contribution in [0, 0.1) is 0 Å². The van der Waals surface area contributed by atoms with Crippen molar-refractivity contribution in [1.82, 2.24) is 15.0 Å². The highest BCUT2D eigenvalue weighted by Gasteiger charge is 2.18. The zero-order valence-corrected chi connectivity index (χ0v) is 29.8. The third-order valence-electron chi connectivity index (χ3n) is 10.2. The van der Waals surface area contributed by atoms with E-state index in [2.05, 4.69) is 127 Å². The lowest BCUT2D eigenvalue weighted by Crippen LogP contribution is -2.00. The van der Waals surface area contributed by atoms with Gasteiger partial charge in [0.2, 0.25) is 0 Å². The molecule has 8 aromatic carbocycles. The Hall–Kier alpha value is -7.43. The van der Waals surface area contributed by atoms with Gasteiger partial charge < -0.3 is 4.42 Å². The smallest absolute Gasteiger partial charge is 0.164 e. The highest BCUT2D eigenvalue weighted by Crippen LogP contribution is 2.39. The van der Waals surface area contributed by atoms with Crippen molar-refractivity contribution in [3.8, 4) is 78.7 Å². The molecule has 0 saturated heterocycles. The number of furan rings is 1. The first-order valence-electron chi connectivity index (χ1n) is 18.4. The summed E-state index contributed by atoms with van der Waals surface area (Å²) in [6.07, 6.45) is 0. The number of fused-ring (bicyclic) bond motifs is 3. The molecule has 0 unspecified atom stereocenters. The van der Waals surface area contributed by atoms with Crippen molar-refractivity contribution in [3.63, 3.8) is 0 Å². The first-order valence-corrected chi connectivity index (χ1v) is 18.4. The Morgan fingerprint density at radius 3 is 1.40 bits per heavy atom. The standard InChI is InChI=1S/C51H33N3O/c1-4-14-34(15-5-1)39-20-12-21-41(32-39)43-23-11-10-22-42(43)36-28-26-35(27-29-36)40-30-31-46-45(33-40)48-44(24-13-25-47(48)55-46)51-53-49(37-16-6-2-7-17-37)52-50(54-51)38-18-8-3-9-19-38/h1-33H. The quantitative estimate of drug-likeness (QED) is 0.166. The molecule has 258 valence electrons. The number of hydrogen-bond acceptors (Lipinski definition) is 4. The van der Waals surface area contributed by atoms with Crippen LogP contribution in [0.15, 0.2) is 205 Å². The Morgan fingerprint density at radius 1 is 0.273 bits per heavy atom. The predicted molar refractivity (Wildman–Crippen MR) is 225 cm³/mol. The van der Waals surface area contributed by atoms with E-state index in [0.29, 0.717) is 17.5 Å². The number of nitrogens with zero attached hydrogens (tertiary/aromatic N) is 3. The van der Waals surface area contributed by atoms with Crippen molar-refractivity contribution in [2.75, 3.05) is 0 Å². The van der Waals surface area contributed by atoms with E-state index in [9.17, 15) is 0 Å². The molecule has 2 aromatic heterocycles. The van der Waals surface area contributed by atoms with Gasteiger partial charge in [0.1, 0.15) is 11.2 Å². The maximum absolute atomic E-state index is 6.43. The van der Waals surface area contributed by atoms with Gasteiger partial charge in [0.15, 0.2) is 17.5 Å². The van der Waals surface area contributed by atoms with Gasteiger partial charge in [-0.3, -0.25) is 0 Å². The molecule has 2 heterocycles. The summed E-state index contributed by atoms with van der Waals surface area (Å²) in [5.41, 5.74) is 13.8. The van der Waals surface area contributed by atoms with Gasteiger partial charge >= 0.3 is 0 Å². The third kappa shape index (κ3) is 6.16. The zero-order chi connectivity index (χ0) is 36.6. The molecule has 10 rings (SSSR count). The van der Waals surface area contributed by atoms with E-state index in [1.807, 2.05) is 72.8 Å². The van der Waals surface area contributed by atoms with E-state index >= 15 is 0 Å². The van der Waals surface area contributed by atoms with Crippen LogP contribution in [0.5, 0.6) is 0 Å². The maximum atomic E-state index is 6.43. The van der Waals surface area contributed by atoms with Gasteiger partial charge in [-0.05, 0) is 68.8 Å². The number of hydrogen-bond donors (Lipinski definition) is 0. The third-order valence-corrected chi connectivity index (χ3v) is 10.2. The van der Waals surface area contributed by atoms with Crippen molar-refractivity contribution in [2.45, 2.75) is 0 Å². The van der Waals surface area contributed by atoms with Crippen LogP contribution in [0.4, 0.5) is 0 Å². The Labute approximate surface area is 319 Å². The minimum Gasteiger partial charge on any atom is -0.456 e. The number of aromatic nitrogens is 3. The fourth-order valence-corrected chi connectivity index (χ4v) is 7.45. The molecule has 4 heteroatoms. The minimum absolute atomic E-state index is 0.601. The molecular formula is C51H33N3O. The lowest BCUT2D eigenvalue weighted by atomic mass is 9.91. The van der Waals surface area contributed by atoms with Crippen LogP contribution in [-0.2, 0) is 0 Å². The van der Waals surface area contributed by atoms with Crippen molar-refractivity contribution in [2.24, 2.45) is 0 Å². The Balaban J connectivity index is 1.04. The second-order valence-electron chi connectivity index (χ2n) is 13.6. The summed E-state index contributed by atoms with van der Waals surface area (Å²) in [5, 5.41) is 1.99. The van der Waals surface area contributed by atoms with E-state index in [1.54, 1.807) is 0 Å². The van der Waals surface area contributed by atoms with Crippen LogP contribution in [0.25, 0.3) is 101 Å². The van der Waals surface area contributed by atoms with Crippen molar-refractivity contribution in [3.05, 3.63) is 200 Å².